The third-order valence-corrected chi connectivity index (χ3v) is 6.02. The molecule has 2 aliphatic rings. The Morgan fingerprint density at radius 1 is 1.12 bits per heavy atom. The van der Waals surface area contributed by atoms with E-state index in [-0.39, 0.29) is 18.4 Å². The molecule has 0 aromatic carbocycles. The van der Waals surface area contributed by atoms with Gasteiger partial charge in [0.2, 0.25) is 0 Å². The van der Waals surface area contributed by atoms with E-state index in [1.807, 2.05) is 0 Å². The largest absolute Gasteiger partial charge is 0.416 e. The first-order valence-corrected chi connectivity index (χ1v) is 7.09. The van der Waals surface area contributed by atoms with Crippen LogP contribution < -0.4 is 0 Å². The molecule has 0 aromatic heterocycles. The van der Waals surface area contributed by atoms with Crippen molar-refractivity contribution in [1.29, 1.82) is 0 Å². The van der Waals surface area contributed by atoms with Crippen molar-refractivity contribution in [2.45, 2.75) is 35.4 Å². The van der Waals surface area contributed by atoms with Crippen LogP contribution >= 0.6 is 22.6 Å². The predicted molar refractivity (Wildman–Crippen MR) is 66.9 cm³/mol. The minimum Gasteiger partial charge on any atom is -0.396 e. The van der Waals surface area contributed by atoms with Gasteiger partial charge in [-0.25, -0.2) is 0 Å². The van der Waals surface area contributed by atoms with Gasteiger partial charge in [-0.05, 0) is 37.5 Å². The number of hydrogen-bond donors (Lipinski definition) is 1. The Labute approximate surface area is 113 Å². The highest BCUT2D eigenvalue weighted by Crippen LogP contribution is 2.56. The summed E-state index contributed by atoms with van der Waals surface area (Å²) in [4.78, 5) is 1.58. The summed E-state index contributed by atoms with van der Waals surface area (Å²) in [5.41, 5.74) is 0. The number of nitrogens with zero attached hydrogens (tertiary/aromatic N) is 1. The molecule has 100 valence electrons. The number of halogens is 4. The summed E-state index contributed by atoms with van der Waals surface area (Å²) in [5.74, 6) is -0.0619. The Kier molecular flexibility index (Phi) is 3.95. The van der Waals surface area contributed by atoms with Gasteiger partial charge in [0.1, 0.15) is 0 Å². The summed E-state index contributed by atoms with van der Waals surface area (Å²) in [5, 5.41) is 9.02. The van der Waals surface area contributed by atoms with Crippen molar-refractivity contribution >= 4 is 22.6 Å². The molecule has 0 radical (unpaired) electrons. The van der Waals surface area contributed by atoms with E-state index in [9.17, 15) is 13.2 Å². The lowest BCUT2D eigenvalue weighted by molar-refractivity contribution is -0.200. The number of likely N-dealkylation sites (tertiary alicyclic amines) is 1. The fourth-order valence-electron chi connectivity index (χ4n) is 2.58. The van der Waals surface area contributed by atoms with E-state index in [1.165, 1.54) is 0 Å². The Morgan fingerprint density at radius 3 is 2.00 bits per heavy atom. The normalized spacial score (nSPS) is 28.1. The van der Waals surface area contributed by atoms with Gasteiger partial charge in [0, 0.05) is 19.7 Å². The summed E-state index contributed by atoms with van der Waals surface area (Å²) in [6.07, 6.45) is -1.46. The molecule has 0 bridgehead atoms. The van der Waals surface area contributed by atoms with Gasteiger partial charge in [0.25, 0.3) is 0 Å². The van der Waals surface area contributed by atoms with Gasteiger partial charge >= 0.3 is 6.18 Å². The zero-order valence-corrected chi connectivity index (χ0v) is 11.7. The van der Waals surface area contributed by atoms with Crippen LogP contribution in [0.15, 0.2) is 0 Å². The van der Waals surface area contributed by atoms with E-state index >= 15 is 0 Å². The number of piperidine rings is 1. The smallest absolute Gasteiger partial charge is 0.396 e. The third kappa shape index (κ3) is 2.58. The highest BCUT2D eigenvalue weighted by molar-refractivity contribution is 14.1. The van der Waals surface area contributed by atoms with Crippen molar-refractivity contribution in [3.8, 4) is 0 Å². The lowest BCUT2D eigenvalue weighted by Crippen LogP contribution is -2.58. The van der Waals surface area contributed by atoms with E-state index in [4.69, 9.17) is 5.11 Å². The van der Waals surface area contributed by atoms with Crippen molar-refractivity contribution < 1.29 is 18.3 Å². The number of rotatable bonds is 3. The van der Waals surface area contributed by atoms with Crippen LogP contribution in [0.2, 0.25) is 0 Å². The molecule has 0 spiro atoms. The number of hydrogen-bond acceptors (Lipinski definition) is 2. The minimum absolute atomic E-state index is 0.0948. The molecule has 1 N–H and O–H groups in total. The van der Waals surface area contributed by atoms with Gasteiger partial charge in [-0.3, -0.25) is 4.90 Å². The molecule has 1 atom stereocenters. The number of aliphatic hydroxyl groups is 1. The van der Waals surface area contributed by atoms with Crippen LogP contribution in [0.25, 0.3) is 0 Å². The molecule has 1 saturated heterocycles. The highest BCUT2D eigenvalue weighted by Gasteiger charge is 2.64. The lowest BCUT2D eigenvalue weighted by Gasteiger charge is -2.44. The van der Waals surface area contributed by atoms with Crippen molar-refractivity contribution in [2.24, 2.45) is 11.8 Å². The van der Waals surface area contributed by atoms with Gasteiger partial charge in [-0.2, -0.15) is 13.2 Å². The monoisotopic (exact) mass is 363 g/mol. The van der Waals surface area contributed by atoms with Crippen molar-refractivity contribution in [3.63, 3.8) is 0 Å². The topological polar surface area (TPSA) is 23.5 Å². The van der Waals surface area contributed by atoms with Crippen LogP contribution in [0.1, 0.15) is 25.7 Å². The molecule has 1 unspecified atom stereocenters. The van der Waals surface area contributed by atoms with Gasteiger partial charge in [0.05, 0.1) is 0 Å². The Bertz CT molecular complexity index is 274. The second-order valence-corrected chi connectivity index (χ2v) is 6.70. The minimum atomic E-state index is -4.17. The van der Waals surface area contributed by atoms with E-state index in [0.717, 1.165) is 0 Å². The van der Waals surface area contributed by atoms with E-state index in [0.29, 0.717) is 38.8 Å². The molecule has 2 fully saturated rings. The summed E-state index contributed by atoms with van der Waals surface area (Å²) < 4.78 is 38.1. The van der Waals surface area contributed by atoms with Crippen molar-refractivity contribution in [1.82, 2.24) is 4.90 Å². The van der Waals surface area contributed by atoms with E-state index in [1.54, 1.807) is 27.5 Å². The Balaban J connectivity index is 2.08. The molecule has 1 heterocycles. The fourth-order valence-corrected chi connectivity index (χ4v) is 3.68. The van der Waals surface area contributed by atoms with Crippen LogP contribution in [-0.4, -0.2) is 39.4 Å². The maximum atomic E-state index is 13.3. The molecule has 17 heavy (non-hydrogen) atoms. The standard InChI is InChI=1S/C11H17F3INO/c12-11(13,14)10(15,9-1-2-9)16-5-3-8(7-17)4-6-16/h8-9,17H,1-7H2. The first-order chi connectivity index (χ1) is 7.89. The van der Waals surface area contributed by atoms with E-state index < -0.39 is 9.72 Å². The Hall–Kier alpha value is 0.440. The molecule has 0 aromatic rings. The van der Waals surface area contributed by atoms with Crippen LogP contribution in [0.3, 0.4) is 0 Å². The van der Waals surface area contributed by atoms with Crippen LogP contribution in [-0.2, 0) is 0 Å². The fraction of sp³-hybridized carbons (Fsp3) is 1.00. The van der Waals surface area contributed by atoms with E-state index in [2.05, 4.69) is 0 Å². The molecule has 1 aliphatic heterocycles. The first-order valence-electron chi connectivity index (χ1n) is 6.01. The number of alkyl halides is 4. The maximum absolute atomic E-state index is 13.3. The quantitative estimate of drug-likeness (QED) is 0.474. The SMILES string of the molecule is OCC1CCN(C(I)(C2CC2)C(F)(F)F)CC1. The maximum Gasteiger partial charge on any atom is 0.416 e. The Morgan fingerprint density at radius 2 is 1.65 bits per heavy atom. The molecule has 1 saturated carbocycles. The number of aliphatic hydroxyl groups excluding tert-OH is 1. The van der Waals surface area contributed by atoms with Crippen molar-refractivity contribution in [2.75, 3.05) is 19.7 Å². The highest BCUT2D eigenvalue weighted by atomic mass is 127. The second kappa shape index (κ2) is 4.85. The summed E-state index contributed by atoms with van der Waals surface area (Å²) in [6.45, 7) is 0.992. The first kappa shape index (κ1) is 13.9. The molecule has 1 aliphatic carbocycles. The lowest BCUT2D eigenvalue weighted by atomic mass is 9.95. The van der Waals surface area contributed by atoms with Gasteiger partial charge in [-0.1, -0.05) is 22.6 Å². The van der Waals surface area contributed by atoms with Crippen LogP contribution in [0.5, 0.6) is 0 Å². The molecule has 6 heteroatoms. The molecular formula is C11H17F3INO. The molecule has 2 rings (SSSR count). The van der Waals surface area contributed by atoms with Crippen molar-refractivity contribution in [3.05, 3.63) is 0 Å². The molecular weight excluding hydrogens is 346 g/mol. The average Bonchev–Trinajstić information content (AvgIpc) is 3.10. The summed E-state index contributed by atoms with van der Waals surface area (Å²) in [6, 6.07) is 0. The van der Waals surface area contributed by atoms with Gasteiger partial charge < -0.3 is 5.11 Å². The third-order valence-electron chi connectivity index (χ3n) is 3.85. The zero-order valence-electron chi connectivity index (χ0n) is 9.51. The van der Waals surface area contributed by atoms with Gasteiger partial charge in [0.15, 0.2) is 3.55 Å². The van der Waals surface area contributed by atoms with Crippen LogP contribution in [0.4, 0.5) is 13.2 Å². The average molecular weight is 363 g/mol. The van der Waals surface area contributed by atoms with Gasteiger partial charge in [-0.15, -0.1) is 0 Å². The molecule has 0 amide bonds. The summed E-state index contributed by atoms with van der Waals surface area (Å²) >= 11 is 1.61. The molecule has 2 nitrogen and oxygen atoms in total. The zero-order chi connectivity index (χ0) is 12.7. The van der Waals surface area contributed by atoms with Crippen LogP contribution in [0, 0.1) is 11.8 Å². The summed E-state index contributed by atoms with van der Waals surface area (Å²) in [7, 11) is 0. The predicted octanol–water partition coefficient (Wildman–Crippen LogP) is 2.79. The second-order valence-electron chi connectivity index (χ2n) is 5.06.